The van der Waals surface area contributed by atoms with Crippen LogP contribution in [0.1, 0.15) is 6.42 Å². The van der Waals surface area contributed by atoms with Crippen molar-refractivity contribution in [1.82, 2.24) is 0 Å². The van der Waals surface area contributed by atoms with Crippen LogP contribution in [0.2, 0.25) is 0 Å². The van der Waals surface area contributed by atoms with E-state index in [9.17, 15) is 26.3 Å². The van der Waals surface area contributed by atoms with E-state index in [-0.39, 0.29) is 0 Å². The minimum atomic E-state index is -2.11. The predicted octanol–water partition coefficient (Wildman–Crippen LogP) is 4.61. The van der Waals surface area contributed by atoms with E-state index in [4.69, 9.17) is 21.0 Å². The van der Waals surface area contributed by atoms with Crippen molar-refractivity contribution < 1.29 is 26.3 Å². The molecule has 0 amide bonds. The monoisotopic (exact) mass is 380 g/mol. The number of nitrogens with zero attached hydrogens (tertiary/aromatic N) is 4. The summed E-state index contributed by atoms with van der Waals surface area (Å²) in [5.41, 5.74) is -7.60. The molecular formula is C17H6F6N4. The molecule has 0 bridgehead atoms. The van der Waals surface area contributed by atoms with Crippen LogP contribution < -0.4 is 0 Å². The third-order valence-corrected chi connectivity index (χ3v) is 3.42. The summed E-state index contributed by atoms with van der Waals surface area (Å²) in [4.78, 5) is 0. The summed E-state index contributed by atoms with van der Waals surface area (Å²) in [7, 11) is 0. The maximum absolute atomic E-state index is 14.6. The second-order valence-corrected chi connectivity index (χ2v) is 4.80. The van der Waals surface area contributed by atoms with Gasteiger partial charge in [0.1, 0.15) is 66.3 Å². The largest absolute Gasteiger partial charge is 0.246 e. The lowest BCUT2D eigenvalue weighted by Crippen LogP contribution is -2.04. The van der Waals surface area contributed by atoms with Crippen molar-refractivity contribution in [2.45, 2.75) is 6.42 Å². The molecule has 0 saturated carbocycles. The third-order valence-electron chi connectivity index (χ3n) is 3.42. The second-order valence-electron chi connectivity index (χ2n) is 4.80. The van der Waals surface area contributed by atoms with Crippen LogP contribution in [-0.4, -0.2) is 13.3 Å². The van der Waals surface area contributed by atoms with Gasteiger partial charge in [0.25, 0.3) is 0 Å². The number of allylic oxidation sites excluding steroid dienone is 10. The van der Waals surface area contributed by atoms with Crippen molar-refractivity contribution in [3.8, 4) is 24.3 Å². The van der Waals surface area contributed by atoms with E-state index in [2.05, 4.69) is 0 Å². The van der Waals surface area contributed by atoms with Gasteiger partial charge in [0.15, 0.2) is 5.83 Å². The van der Waals surface area contributed by atoms with Crippen LogP contribution in [0, 0.1) is 45.3 Å². The lowest BCUT2D eigenvalue weighted by atomic mass is 9.97. The summed E-state index contributed by atoms with van der Waals surface area (Å²) in [6.07, 6.45) is -1.30. The Morgan fingerprint density at radius 3 is 1.85 bits per heavy atom. The summed E-state index contributed by atoms with van der Waals surface area (Å²) in [6, 6.07) is 4.69. The van der Waals surface area contributed by atoms with Crippen molar-refractivity contribution in [2.24, 2.45) is 0 Å². The van der Waals surface area contributed by atoms with Crippen molar-refractivity contribution in [3.05, 3.63) is 56.7 Å². The molecule has 0 N–H and O–H groups in total. The summed E-state index contributed by atoms with van der Waals surface area (Å²) in [6.45, 7) is -3.75. The van der Waals surface area contributed by atoms with Crippen molar-refractivity contribution in [1.29, 1.82) is 21.0 Å². The Morgan fingerprint density at radius 1 is 0.889 bits per heavy atom. The molecule has 4 nitrogen and oxygen atoms in total. The Labute approximate surface area is 149 Å². The highest BCUT2D eigenvalue weighted by Gasteiger charge is 2.33. The number of hydrogen-bond donors (Lipinski definition) is 0. The molecule has 0 heterocycles. The number of nitriles is 4. The molecule has 0 radical (unpaired) electrons. The first-order valence-electron chi connectivity index (χ1n) is 6.85. The van der Waals surface area contributed by atoms with Gasteiger partial charge in [-0.1, -0.05) is 0 Å². The van der Waals surface area contributed by atoms with Gasteiger partial charge >= 0.3 is 0 Å². The van der Waals surface area contributed by atoms with Gasteiger partial charge < -0.3 is 0 Å². The van der Waals surface area contributed by atoms with Crippen molar-refractivity contribution in [2.75, 3.05) is 13.3 Å². The lowest BCUT2D eigenvalue weighted by Gasteiger charge is -2.11. The van der Waals surface area contributed by atoms with Crippen LogP contribution in [0.15, 0.2) is 56.7 Å². The molecule has 0 aliphatic heterocycles. The zero-order valence-corrected chi connectivity index (χ0v) is 13.2. The molecule has 0 saturated heterocycles. The number of hydrogen-bond acceptors (Lipinski definition) is 4. The van der Waals surface area contributed by atoms with E-state index in [1.165, 1.54) is 12.1 Å². The molecule has 0 unspecified atom stereocenters. The molecule has 1 aliphatic rings. The fraction of sp³-hybridized carbons (Fsp3) is 0.176. The van der Waals surface area contributed by atoms with Crippen LogP contribution in [0.5, 0.6) is 0 Å². The summed E-state index contributed by atoms with van der Waals surface area (Å²) < 4.78 is 84.0. The van der Waals surface area contributed by atoms with Gasteiger partial charge in [-0.3, -0.25) is 0 Å². The number of rotatable bonds is 3. The minimum Gasteiger partial charge on any atom is -0.246 e. The van der Waals surface area contributed by atoms with E-state index in [1.54, 1.807) is 0 Å². The van der Waals surface area contributed by atoms with Crippen molar-refractivity contribution in [3.63, 3.8) is 0 Å². The quantitative estimate of drug-likeness (QED) is 0.527. The fourth-order valence-electron chi connectivity index (χ4n) is 2.13. The van der Waals surface area contributed by atoms with Crippen molar-refractivity contribution >= 4 is 0 Å². The van der Waals surface area contributed by atoms with Gasteiger partial charge in [0.2, 0.25) is 0 Å². The highest BCUT2D eigenvalue weighted by molar-refractivity contribution is 5.62. The molecule has 0 aromatic carbocycles. The molecule has 136 valence electrons. The first kappa shape index (κ1) is 21.3. The molecule has 0 aromatic heterocycles. The molecule has 1 aliphatic carbocycles. The minimum absolute atomic E-state index is 1.00. The van der Waals surface area contributed by atoms with E-state index in [1.807, 2.05) is 0 Å². The molecule has 10 heteroatoms. The van der Waals surface area contributed by atoms with Gasteiger partial charge in [-0.15, -0.1) is 0 Å². The van der Waals surface area contributed by atoms with Crippen LogP contribution >= 0.6 is 0 Å². The van der Waals surface area contributed by atoms with Gasteiger partial charge in [0, 0.05) is 23.1 Å². The lowest BCUT2D eigenvalue weighted by molar-refractivity contribution is 0.495. The summed E-state index contributed by atoms with van der Waals surface area (Å²) in [5.74, 6) is -7.80. The molecule has 0 aromatic rings. The summed E-state index contributed by atoms with van der Waals surface area (Å²) >= 11 is 0. The predicted molar refractivity (Wildman–Crippen MR) is 78.6 cm³/mol. The van der Waals surface area contributed by atoms with Gasteiger partial charge in [0.05, 0.1) is 5.57 Å². The number of alkyl halides is 2. The average molecular weight is 380 g/mol. The van der Waals surface area contributed by atoms with Crippen LogP contribution in [0.3, 0.4) is 0 Å². The third kappa shape index (κ3) is 3.92. The Balaban J connectivity index is 4.13. The van der Waals surface area contributed by atoms with E-state index >= 15 is 0 Å². The Hall–Kier alpha value is -3.76. The van der Waals surface area contributed by atoms with Crippen LogP contribution in [0.25, 0.3) is 0 Å². The zero-order valence-electron chi connectivity index (χ0n) is 13.2. The Bertz CT molecular complexity index is 968. The fourth-order valence-corrected chi connectivity index (χ4v) is 2.13. The average Bonchev–Trinajstić information content (AvgIpc) is 2.76. The smallest absolute Gasteiger partial charge is 0.165 e. The maximum atomic E-state index is 14.6. The SMILES string of the molecule is N#CC(C#N)=C1CC(F)=C(F)/C(=C(\F)C(CF)=C(C#N)C#N)C(CF)=C1F. The van der Waals surface area contributed by atoms with Crippen LogP contribution in [-0.2, 0) is 0 Å². The highest BCUT2D eigenvalue weighted by atomic mass is 19.2. The standard InChI is InChI=1S/C17H6F6N4/c18-2-11(9(6-26)7-27)16(22)14-12(3-19)15(21)10(8(4-24)5-25)1-13(20)17(14)23/h1-3H2/b16-14-. The molecule has 0 atom stereocenters. The van der Waals surface area contributed by atoms with E-state index < -0.39 is 76.5 Å². The second kappa shape index (κ2) is 9.08. The number of halogens is 6. The van der Waals surface area contributed by atoms with E-state index in [0.717, 1.165) is 12.1 Å². The molecule has 0 fully saturated rings. The molecular weight excluding hydrogens is 374 g/mol. The highest BCUT2D eigenvalue weighted by Crippen LogP contribution is 2.42. The normalized spacial score (nSPS) is 15.9. The van der Waals surface area contributed by atoms with Gasteiger partial charge in [-0.25, -0.2) is 26.3 Å². The summed E-state index contributed by atoms with van der Waals surface area (Å²) in [5, 5.41) is 34.9. The van der Waals surface area contributed by atoms with Crippen LogP contribution in [0.4, 0.5) is 26.3 Å². The maximum Gasteiger partial charge on any atom is 0.165 e. The van der Waals surface area contributed by atoms with Gasteiger partial charge in [-0.05, 0) is 0 Å². The van der Waals surface area contributed by atoms with Gasteiger partial charge in [-0.2, -0.15) is 21.0 Å². The molecule has 27 heavy (non-hydrogen) atoms. The first-order valence-corrected chi connectivity index (χ1v) is 6.85. The Kier molecular flexibility index (Phi) is 7.16. The zero-order chi connectivity index (χ0) is 20.7. The first-order chi connectivity index (χ1) is 12.8. The molecule has 1 rings (SSSR count). The Morgan fingerprint density at radius 2 is 1.44 bits per heavy atom. The van der Waals surface area contributed by atoms with E-state index in [0.29, 0.717) is 0 Å². The molecule has 0 spiro atoms. The topological polar surface area (TPSA) is 95.2 Å².